The number of aromatic nitrogens is 2. The van der Waals surface area contributed by atoms with E-state index in [1.165, 1.54) is 24.8 Å². The molecule has 0 radical (unpaired) electrons. The number of hydrogen-bond acceptors (Lipinski definition) is 4. The molecule has 1 amide bonds. The summed E-state index contributed by atoms with van der Waals surface area (Å²) < 4.78 is 6.36. The van der Waals surface area contributed by atoms with Crippen LogP contribution in [0.5, 0.6) is 5.75 Å². The predicted molar refractivity (Wildman–Crippen MR) is 161 cm³/mol. The van der Waals surface area contributed by atoms with E-state index in [2.05, 4.69) is 58.8 Å². The van der Waals surface area contributed by atoms with Gasteiger partial charge in [0, 0.05) is 35.3 Å². The summed E-state index contributed by atoms with van der Waals surface area (Å²) in [6.07, 6.45) is 8.25. The summed E-state index contributed by atoms with van der Waals surface area (Å²) in [5, 5.41) is 4.27. The maximum atomic E-state index is 13.8. The van der Waals surface area contributed by atoms with Crippen molar-refractivity contribution in [2.24, 2.45) is 11.8 Å². The number of carbonyl (C=O) groups is 1. The van der Waals surface area contributed by atoms with Crippen molar-refractivity contribution in [1.29, 1.82) is 0 Å². The van der Waals surface area contributed by atoms with E-state index >= 15 is 0 Å². The Labute approximate surface area is 240 Å². The van der Waals surface area contributed by atoms with E-state index in [4.69, 9.17) is 9.72 Å². The summed E-state index contributed by atoms with van der Waals surface area (Å²) in [6, 6.07) is 32.9. The van der Waals surface area contributed by atoms with Crippen molar-refractivity contribution in [1.82, 2.24) is 15.3 Å². The number of carbonyl (C=O) groups excluding carboxylic acids is 1. The van der Waals surface area contributed by atoms with Crippen LogP contribution in [0.1, 0.15) is 58.4 Å². The van der Waals surface area contributed by atoms with Gasteiger partial charge < -0.3 is 10.1 Å². The SMILES string of the molecule is O=C(NCc1cccnc1)c1ccc(OCc2ccc3ccccc3n2)cc1C1(c2ccccc2)CC2CCC1C2. The van der Waals surface area contributed by atoms with Gasteiger partial charge in [-0.05, 0) is 84.2 Å². The van der Waals surface area contributed by atoms with Crippen molar-refractivity contribution in [3.8, 4) is 5.75 Å². The Morgan fingerprint density at radius 1 is 0.927 bits per heavy atom. The summed E-state index contributed by atoms with van der Waals surface area (Å²) in [6.45, 7) is 0.795. The van der Waals surface area contributed by atoms with Crippen LogP contribution >= 0.6 is 0 Å². The Balaban J connectivity index is 1.25. The minimum Gasteiger partial charge on any atom is -0.487 e. The Morgan fingerprint density at radius 2 is 1.80 bits per heavy atom. The molecule has 0 spiro atoms. The molecule has 2 saturated carbocycles. The highest BCUT2D eigenvalue weighted by molar-refractivity contribution is 5.96. The summed E-state index contributed by atoms with van der Waals surface area (Å²) >= 11 is 0. The van der Waals surface area contributed by atoms with E-state index in [1.807, 2.05) is 48.5 Å². The largest absolute Gasteiger partial charge is 0.487 e. The zero-order valence-electron chi connectivity index (χ0n) is 23.0. The van der Waals surface area contributed by atoms with Crippen LogP contribution < -0.4 is 10.1 Å². The van der Waals surface area contributed by atoms with Crippen LogP contribution in [0.3, 0.4) is 0 Å². The van der Waals surface area contributed by atoms with Gasteiger partial charge in [0.1, 0.15) is 12.4 Å². The molecule has 0 aliphatic heterocycles. The molecule has 2 fully saturated rings. The highest BCUT2D eigenvalue weighted by Crippen LogP contribution is 2.60. The maximum Gasteiger partial charge on any atom is 0.251 e. The van der Waals surface area contributed by atoms with Crippen LogP contribution in [0, 0.1) is 11.8 Å². The second-order valence-corrected chi connectivity index (χ2v) is 11.5. The third kappa shape index (κ3) is 4.86. The van der Waals surface area contributed by atoms with Crippen LogP contribution in [-0.2, 0) is 18.6 Å². The van der Waals surface area contributed by atoms with Gasteiger partial charge in [-0.3, -0.25) is 9.78 Å². The third-order valence-electron chi connectivity index (χ3n) is 9.07. The van der Waals surface area contributed by atoms with Gasteiger partial charge in [-0.2, -0.15) is 0 Å². The Bertz CT molecular complexity index is 1690. The summed E-state index contributed by atoms with van der Waals surface area (Å²) in [4.78, 5) is 22.8. The van der Waals surface area contributed by atoms with Gasteiger partial charge in [-0.1, -0.05) is 67.1 Å². The molecular formula is C36H33N3O2. The lowest BCUT2D eigenvalue weighted by Gasteiger charge is -2.40. The number of ether oxygens (including phenoxy) is 1. The van der Waals surface area contributed by atoms with E-state index in [0.29, 0.717) is 25.0 Å². The summed E-state index contributed by atoms with van der Waals surface area (Å²) in [5.41, 5.74) is 5.68. The molecule has 5 aromatic rings. The van der Waals surface area contributed by atoms with E-state index in [0.717, 1.165) is 45.5 Å². The van der Waals surface area contributed by atoms with Gasteiger partial charge in [0.2, 0.25) is 0 Å². The average molecular weight is 540 g/mol. The first-order valence-electron chi connectivity index (χ1n) is 14.5. The number of nitrogens with one attached hydrogen (secondary N) is 1. The van der Waals surface area contributed by atoms with Crippen molar-refractivity contribution >= 4 is 16.8 Å². The molecule has 0 saturated heterocycles. The fraction of sp³-hybridized carbons (Fsp3) is 0.250. The van der Waals surface area contributed by atoms with Crippen molar-refractivity contribution in [3.05, 3.63) is 137 Å². The van der Waals surface area contributed by atoms with Crippen molar-refractivity contribution in [2.75, 3.05) is 0 Å². The first-order chi connectivity index (χ1) is 20.2. The lowest BCUT2D eigenvalue weighted by Crippen LogP contribution is -2.37. The van der Waals surface area contributed by atoms with Crippen LogP contribution in [-0.4, -0.2) is 15.9 Å². The second-order valence-electron chi connectivity index (χ2n) is 11.5. The highest BCUT2D eigenvalue weighted by atomic mass is 16.5. The molecule has 5 heteroatoms. The van der Waals surface area contributed by atoms with Crippen molar-refractivity contribution < 1.29 is 9.53 Å². The molecule has 7 rings (SSSR count). The minimum atomic E-state index is -0.217. The molecule has 2 bridgehead atoms. The smallest absolute Gasteiger partial charge is 0.251 e. The van der Waals surface area contributed by atoms with Gasteiger partial charge in [-0.25, -0.2) is 4.98 Å². The molecule has 41 heavy (non-hydrogen) atoms. The Kier molecular flexibility index (Phi) is 6.71. The molecular weight excluding hydrogens is 506 g/mol. The number of nitrogens with zero attached hydrogens (tertiary/aromatic N) is 2. The van der Waals surface area contributed by atoms with E-state index < -0.39 is 0 Å². The first-order valence-corrected chi connectivity index (χ1v) is 14.5. The number of fused-ring (bicyclic) bond motifs is 3. The molecule has 2 heterocycles. The number of benzene rings is 3. The zero-order chi connectivity index (χ0) is 27.6. The van der Waals surface area contributed by atoms with Crippen LogP contribution in [0.15, 0.2) is 109 Å². The number of rotatable bonds is 8. The third-order valence-corrected chi connectivity index (χ3v) is 9.07. The van der Waals surface area contributed by atoms with Crippen LogP contribution in [0.4, 0.5) is 0 Å². The van der Waals surface area contributed by atoms with Crippen molar-refractivity contribution in [2.45, 2.75) is 44.2 Å². The molecule has 5 nitrogen and oxygen atoms in total. The summed E-state index contributed by atoms with van der Waals surface area (Å²) in [7, 11) is 0. The fourth-order valence-corrected chi connectivity index (χ4v) is 7.21. The van der Waals surface area contributed by atoms with Crippen LogP contribution in [0.2, 0.25) is 0 Å². The van der Waals surface area contributed by atoms with Gasteiger partial charge in [0.15, 0.2) is 0 Å². The standard InChI is InChI=1S/C36H33N3O2/c40-35(38-23-26-7-6-18-37-22-26)32-17-16-31(41-24-30-15-13-27-8-4-5-11-34(27)39-30)20-33(32)36(28-9-2-1-3-10-28)21-25-12-14-29(36)19-25/h1-11,13,15-18,20,22,25,29H,12,14,19,21,23-24H2,(H,38,40). The van der Waals surface area contributed by atoms with Crippen molar-refractivity contribution in [3.63, 3.8) is 0 Å². The van der Waals surface area contributed by atoms with Gasteiger partial charge >= 0.3 is 0 Å². The lowest BCUT2D eigenvalue weighted by molar-refractivity contribution is 0.0947. The number of para-hydroxylation sites is 1. The van der Waals surface area contributed by atoms with E-state index in [1.54, 1.807) is 12.4 Å². The maximum absolute atomic E-state index is 13.8. The highest BCUT2D eigenvalue weighted by Gasteiger charge is 2.54. The molecule has 3 unspecified atom stereocenters. The number of pyridine rings is 2. The van der Waals surface area contributed by atoms with Gasteiger partial charge in [0.25, 0.3) is 5.91 Å². The predicted octanol–water partition coefficient (Wildman–Crippen LogP) is 7.24. The molecule has 3 aromatic carbocycles. The lowest BCUT2D eigenvalue weighted by atomic mass is 9.63. The molecule has 2 aliphatic rings. The van der Waals surface area contributed by atoms with E-state index in [9.17, 15) is 4.79 Å². The summed E-state index contributed by atoms with van der Waals surface area (Å²) in [5.74, 6) is 1.87. The fourth-order valence-electron chi connectivity index (χ4n) is 7.21. The molecule has 2 aromatic heterocycles. The van der Waals surface area contributed by atoms with Crippen LogP contribution in [0.25, 0.3) is 10.9 Å². The molecule has 204 valence electrons. The van der Waals surface area contributed by atoms with E-state index in [-0.39, 0.29) is 11.3 Å². The van der Waals surface area contributed by atoms with Gasteiger partial charge in [0.05, 0.1) is 11.2 Å². The Morgan fingerprint density at radius 3 is 2.61 bits per heavy atom. The second kappa shape index (κ2) is 10.8. The molecule has 3 atom stereocenters. The topological polar surface area (TPSA) is 64.1 Å². The normalized spacial score (nSPS) is 21.2. The molecule has 2 aliphatic carbocycles. The molecule has 1 N–H and O–H groups in total. The monoisotopic (exact) mass is 539 g/mol. The minimum absolute atomic E-state index is 0.0651. The zero-order valence-corrected chi connectivity index (χ0v) is 23.0. The quantitative estimate of drug-likeness (QED) is 0.226. The average Bonchev–Trinajstić information content (AvgIpc) is 3.66. The van der Waals surface area contributed by atoms with Gasteiger partial charge in [-0.15, -0.1) is 0 Å². The number of hydrogen-bond donors (Lipinski definition) is 1. The number of amides is 1. The first kappa shape index (κ1) is 25.5. The Hall–Kier alpha value is -4.51.